The van der Waals surface area contributed by atoms with Gasteiger partial charge in [-0.15, -0.1) is 0 Å². The lowest BCUT2D eigenvalue weighted by atomic mass is 10.1. The lowest BCUT2D eigenvalue weighted by Gasteiger charge is -2.09. The van der Waals surface area contributed by atoms with Crippen molar-refractivity contribution in [2.75, 3.05) is 13.2 Å². The normalized spacial score (nSPS) is 10.9. The fourth-order valence-corrected chi connectivity index (χ4v) is 4.31. The summed E-state index contributed by atoms with van der Waals surface area (Å²) in [4.78, 5) is 12.5. The molecular weight excluding hydrogens is 460 g/mol. The van der Waals surface area contributed by atoms with Crippen LogP contribution in [0.4, 0.5) is 0 Å². The van der Waals surface area contributed by atoms with Crippen LogP contribution < -0.4 is 14.2 Å². The number of esters is 1. The molecule has 2 rings (SSSR count). The van der Waals surface area contributed by atoms with Gasteiger partial charge in [0, 0.05) is 0 Å². The molecule has 0 aliphatic carbocycles. The second kappa shape index (κ2) is 20.6. The van der Waals surface area contributed by atoms with Gasteiger partial charge in [0.15, 0.2) is 0 Å². The van der Waals surface area contributed by atoms with E-state index in [0.717, 1.165) is 30.9 Å². The van der Waals surface area contributed by atoms with E-state index in [9.17, 15) is 4.79 Å². The number of ether oxygens (including phenoxy) is 3. The highest BCUT2D eigenvalue weighted by Crippen LogP contribution is 2.20. The Labute approximate surface area is 226 Å². The Kier molecular flexibility index (Phi) is 17.1. The molecule has 206 valence electrons. The number of carbonyl (C=O) groups is 1. The van der Waals surface area contributed by atoms with Crippen molar-refractivity contribution in [1.82, 2.24) is 0 Å². The van der Waals surface area contributed by atoms with Crippen LogP contribution in [0.15, 0.2) is 48.5 Å². The summed E-state index contributed by atoms with van der Waals surface area (Å²) < 4.78 is 17.2. The molecule has 0 saturated carbocycles. The molecule has 2 aromatic rings. The first-order chi connectivity index (χ1) is 18.2. The van der Waals surface area contributed by atoms with Crippen molar-refractivity contribution in [3.8, 4) is 17.2 Å². The van der Waals surface area contributed by atoms with Gasteiger partial charge in [-0.25, -0.2) is 4.79 Å². The molecule has 0 aromatic heterocycles. The van der Waals surface area contributed by atoms with Crippen molar-refractivity contribution < 1.29 is 19.0 Å². The van der Waals surface area contributed by atoms with E-state index in [1.54, 1.807) is 24.3 Å². The van der Waals surface area contributed by atoms with E-state index in [-0.39, 0.29) is 5.97 Å². The molecule has 0 heterocycles. The van der Waals surface area contributed by atoms with Gasteiger partial charge in [0.1, 0.15) is 17.2 Å². The quantitative estimate of drug-likeness (QED) is 0.0898. The molecule has 2 aromatic carbocycles. The number of carbonyl (C=O) groups excluding carboxylic acids is 1. The van der Waals surface area contributed by atoms with Gasteiger partial charge in [-0.3, -0.25) is 0 Å². The monoisotopic (exact) mass is 510 g/mol. The Bertz CT molecular complexity index is 813. The minimum absolute atomic E-state index is 0.373. The van der Waals surface area contributed by atoms with Crippen molar-refractivity contribution in [1.29, 1.82) is 0 Å². The van der Waals surface area contributed by atoms with Crippen molar-refractivity contribution in [2.45, 2.75) is 117 Å². The first-order valence-electron chi connectivity index (χ1n) is 14.9. The van der Waals surface area contributed by atoms with Crippen LogP contribution in [0.1, 0.15) is 127 Å². The SMILES string of the molecule is CCCCCCCCCCOc1ccc(OC(=O)c2ccc(OCCCCCCCCCC)cc2)cc1. The summed E-state index contributed by atoms with van der Waals surface area (Å²) in [5.74, 6) is 1.74. The maximum absolute atomic E-state index is 12.5. The summed E-state index contributed by atoms with van der Waals surface area (Å²) in [5, 5.41) is 0. The zero-order valence-electron chi connectivity index (χ0n) is 23.5. The van der Waals surface area contributed by atoms with Gasteiger partial charge in [-0.05, 0) is 61.4 Å². The maximum atomic E-state index is 12.5. The van der Waals surface area contributed by atoms with Crippen LogP contribution in [0.25, 0.3) is 0 Å². The summed E-state index contributed by atoms with van der Waals surface area (Å²) in [5.41, 5.74) is 0.509. The van der Waals surface area contributed by atoms with Gasteiger partial charge >= 0.3 is 5.97 Å². The Morgan fingerprint density at radius 1 is 0.486 bits per heavy atom. The van der Waals surface area contributed by atoms with Gasteiger partial charge in [-0.2, -0.15) is 0 Å². The number of hydrogen-bond donors (Lipinski definition) is 0. The Morgan fingerprint density at radius 3 is 1.27 bits per heavy atom. The predicted octanol–water partition coefficient (Wildman–Crippen LogP) is 9.94. The molecule has 0 unspecified atom stereocenters. The van der Waals surface area contributed by atoms with Crippen molar-refractivity contribution in [3.63, 3.8) is 0 Å². The highest BCUT2D eigenvalue weighted by Gasteiger charge is 2.09. The minimum Gasteiger partial charge on any atom is -0.494 e. The third-order valence-corrected chi connectivity index (χ3v) is 6.66. The third kappa shape index (κ3) is 14.7. The summed E-state index contributed by atoms with van der Waals surface area (Å²) >= 11 is 0. The Morgan fingerprint density at radius 2 is 0.838 bits per heavy atom. The first kappa shape index (κ1) is 30.7. The molecule has 0 amide bonds. The second-order valence-electron chi connectivity index (χ2n) is 10.0. The van der Waals surface area contributed by atoms with Crippen molar-refractivity contribution in [3.05, 3.63) is 54.1 Å². The van der Waals surface area contributed by atoms with Crippen LogP contribution in [-0.2, 0) is 0 Å². The van der Waals surface area contributed by atoms with Crippen molar-refractivity contribution in [2.24, 2.45) is 0 Å². The molecule has 0 fully saturated rings. The maximum Gasteiger partial charge on any atom is 0.343 e. The lowest BCUT2D eigenvalue weighted by molar-refractivity contribution is 0.0734. The molecule has 4 nitrogen and oxygen atoms in total. The van der Waals surface area contributed by atoms with E-state index >= 15 is 0 Å². The van der Waals surface area contributed by atoms with Gasteiger partial charge in [0.05, 0.1) is 18.8 Å². The van der Waals surface area contributed by atoms with Gasteiger partial charge in [0.25, 0.3) is 0 Å². The zero-order chi connectivity index (χ0) is 26.4. The number of benzene rings is 2. The molecule has 0 N–H and O–H groups in total. The smallest absolute Gasteiger partial charge is 0.343 e. The summed E-state index contributed by atoms with van der Waals surface area (Å²) in [7, 11) is 0. The average molecular weight is 511 g/mol. The zero-order valence-corrected chi connectivity index (χ0v) is 23.5. The van der Waals surface area contributed by atoms with Gasteiger partial charge < -0.3 is 14.2 Å². The van der Waals surface area contributed by atoms with Gasteiger partial charge in [0.2, 0.25) is 0 Å². The highest BCUT2D eigenvalue weighted by molar-refractivity contribution is 5.91. The first-order valence-corrected chi connectivity index (χ1v) is 14.9. The molecule has 0 saturated heterocycles. The van der Waals surface area contributed by atoms with Crippen LogP contribution in [0.5, 0.6) is 17.2 Å². The number of rotatable bonds is 22. The van der Waals surface area contributed by atoms with Crippen LogP contribution in [0, 0.1) is 0 Å². The molecular formula is C33H50O4. The lowest BCUT2D eigenvalue weighted by Crippen LogP contribution is -2.08. The standard InChI is InChI=1S/C33H50O4/c1-3-5-7-9-11-13-15-17-27-35-30-21-19-29(20-22-30)33(34)37-32-25-23-31(24-26-32)36-28-18-16-14-12-10-8-6-4-2/h19-26H,3-18,27-28H2,1-2H3. The Balaban J connectivity index is 1.58. The largest absolute Gasteiger partial charge is 0.494 e. The molecule has 0 bridgehead atoms. The fourth-order valence-electron chi connectivity index (χ4n) is 4.31. The fraction of sp³-hybridized carbons (Fsp3) is 0.606. The molecule has 0 aliphatic rings. The van der Waals surface area contributed by atoms with E-state index in [2.05, 4.69) is 13.8 Å². The minimum atomic E-state index is -0.373. The Hall–Kier alpha value is -2.49. The topological polar surface area (TPSA) is 44.8 Å². The van der Waals surface area contributed by atoms with Crippen LogP contribution in [0.2, 0.25) is 0 Å². The van der Waals surface area contributed by atoms with Crippen LogP contribution in [0.3, 0.4) is 0 Å². The van der Waals surface area contributed by atoms with E-state index in [1.165, 1.54) is 89.9 Å². The summed E-state index contributed by atoms with van der Waals surface area (Å²) in [6.07, 6.45) is 20.5. The summed E-state index contributed by atoms with van der Waals surface area (Å²) in [6.45, 7) is 5.94. The highest BCUT2D eigenvalue weighted by atomic mass is 16.5. The van der Waals surface area contributed by atoms with E-state index in [4.69, 9.17) is 14.2 Å². The van der Waals surface area contributed by atoms with E-state index in [1.807, 2.05) is 24.3 Å². The summed E-state index contributed by atoms with van der Waals surface area (Å²) in [6, 6.07) is 14.5. The number of unbranched alkanes of at least 4 members (excludes halogenated alkanes) is 14. The molecule has 4 heteroatoms. The van der Waals surface area contributed by atoms with Crippen LogP contribution >= 0.6 is 0 Å². The van der Waals surface area contributed by atoms with E-state index < -0.39 is 0 Å². The third-order valence-electron chi connectivity index (χ3n) is 6.66. The van der Waals surface area contributed by atoms with Crippen molar-refractivity contribution >= 4 is 5.97 Å². The molecule has 0 spiro atoms. The average Bonchev–Trinajstić information content (AvgIpc) is 2.92. The molecule has 0 atom stereocenters. The van der Waals surface area contributed by atoms with Crippen LogP contribution in [-0.4, -0.2) is 19.2 Å². The number of hydrogen-bond acceptors (Lipinski definition) is 4. The molecule has 0 radical (unpaired) electrons. The molecule has 0 aliphatic heterocycles. The molecule has 37 heavy (non-hydrogen) atoms. The predicted molar refractivity (Wildman–Crippen MR) is 154 cm³/mol. The second-order valence-corrected chi connectivity index (χ2v) is 10.0. The van der Waals surface area contributed by atoms with E-state index in [0.29, 0.717) is 17.9 Å². The van der Waals surface area contributed by atoms with Gasteiger partial charge in [-0.1, -0.05) is 104 Å².